The lowest BCUT2D eigenvalue weighted by atomic mass is 9.96. The van der Waals surface area contributed by atoms with Crippen LogP contribution >= 0.6 is 0 Å². The Hall–Kier alpha value is -0.730. The molecule has 3 N–H and O–H groups in total. The van der Waals surface area contributed by atoms with Crippen LogP contribution in [0.1, 0.15) is 174 Å². The highest BCUT2D eigenvalue weighted by Gasteiger charge is 2.40. The van der Waals surface area contributed by atoms with Crippen molar-refractivity contribution in [3.05, 3.63) is 0 Å². The van der Waals surface area contributed by atoms with Crippen LogP contribution in [0.2, 0.25) is 0 Å². The first kappa shape index (κ1) is 37.7. The summed E-state index contributed by atoms with van der Waals surface area (Å²) in [4.78, 5) is 11.9. The fourth-order valence-electron chi connectivity index (χ4n) is 7.64. The SMILES string of the molecule is CCCCCCCCCC[C@H](O)[C@H]1CC[C@@H]([C@@H]2CC[C@H]([C@H](O)CCCCCCCCCC[C@@H]3CC(CC(C)O)C(=O)O3)O2)O1. The molecule has 258 valence electrons. The molecule has 9 atom stereocenters. The molecule has 3 rings (SSSR count). The lowest BCUT2D eigenvalue weighted by Crippen LogP contribution is -2.33. The summed E-state index contributed by atoms with van der Waals surface area (Å²) in [6, 6.07) is 0. The molecule has 0 bridgehead atoms. The van der Waals surface area contributed by atoms with E-state index in [9.17, 15) is 20.1 Å². The Bertz CT molecular complexity index is 745. The maximum atomic E-state index is 11.9. The summed E-state index contributed by atoms with van der Waals surface area (Å²) in [5.41, 5.74) is 0. The fraction of sp³-hybridized carbons (Fsp3) is 0.973. The number of esters is 1. The third-order valence-electron chi connectivity index (χ3n) is 10.4. The summed E-state index contributed by atoms with van der Waals surface area (Å²) in [7, 11) is 0. The molecule has 7 heteroatoms. The number of ether oxygens (including phenoxy) is 3. The van der Waals surface area contributed by atoms with Crippen molar-refractivity contribution in [2.24, 2.45) is 5.92 Å². The zero-order chi connectivity index (χ0) is 31.6. The fourth-order valence-corrected chi connectivity index (χ4v) is 7.64. The van der Waals surface area contributed by atoms with Crippen LogP contribution in [0.5, 0.6) is 0 Å². The van der Waals surface area contributed by atoms with Crippen molar-refractivity contribution in [1.82, 2.24) is 0 Å². The Kier molecular flexibility index (Phi) is 18.8. The molecule has 44 heavy (non-hydrogen) atoms. The van der Waals surface area contributed by atoms with E-state index in [1.165, 1.54) is 77.0 Å². The molecule has 0 spiro atoms. The first-order valence-electron chi connectivity index (χ1n) is 18.9. The van der Waals surface area contributed by atoms with Crippen LogP contribution in [-0.2, 0) is 19.0 Å². The summed E-state index contributed by atoms with van der Waals surface area (Å²) in [6.45, 7) is 3.99. The Morgan fingerprint density at radius 2 is 1.11 bits per heavy atom. The van der Waals surface area contributed by atoms with Crippen LogP contribution < -0.4 is 0 Å². The van der Waals surface area contributed by atoms with Crippen LogP contribution in [0.15, 0.2) is 0 Å². The monoisotopic (exact) mass is 624 g/mol. The number of aliphatic hydroxyl groups excluding tert-OH is 3. The van der Waals surface area contributed by atoms with E-state index in [2.05, 4.69) is 6.92 Å². The van der Waals surface area contributed by atoms with E-state index in [1.54, 1.807) is 6.92 Å². The van der Waals surface area contributed by atoms with E-state index < -0.39 is 12.2 Å². The van der Waals surface area contributed by atoms with Gasteiger partial charge in [-0.3, -0.25) is 4.79 Å². The minimum Gasteiger partial charge on any atom is -0.462 e. The van der Waals surface area contributed by atoms with Gasteiger partial charge in [0.25, 0.3) is 0 Å². The molecule has 0 aliphatic carbocycles. The van der Waals surface area contributed by atoms with Crippen molar-refractivity contribution in [2.75, 3.05) is 0 Å². The zero-order valence-corrected chi connectivity index (χ0v) is 28.3. The minimum atomic E-state index is -0.446. The van der Waals surface area contributed by atoms with Crippen molar-refractivity contribution >= 4 is 5.97 Å². The van der Waals surface area contributed by atoms with E-state index in [0.29, 0.717) is 6.42 Å². The predicted molar refractivity (Wildman–Crippen MR) is 175 cm³/mol. The summed E-state index contributed by atoms with van der Waals surface area (Å²) >= 11 is 0. The highest BCUT2D eigenvalue weighted by atomic mass is 16.6. The maximum Gasteiger partial charge on any atom is 0.309 e. The molecule has 3 saturated heterocycles. The molecular formula is C37H68O7. The van der Waals surface area contributed by atoms with E-state index in [0.717, 1.165) is 77.0 Å². The second-order valence-electron chi connectivity index (χ2n) is 14.5. The van der Waals surface area contributed by atoms with Gasteiger partial charge in [-0.15, -0.1) is 0 Å². The standard InChI is InChI=1S/C37H68O7/c1-3-4-5-6-7-11-14-17-20-31(39)33-22-24-35(43-33)36-25-23-34(44-36)32(40)21-18-15-12-9-8-10-13-16-19-30-27-29(26-28(2)38)37(41)42-30/h28-36,38-40H,3-27H2,1-2H3/t28?,29?,30-,31+,32-,33-,34-,35+,36+/m1/s1. The molecule has 3 aliphatic heterocycles. The molecule has 3 aliphatic rings. The number of rotatable bonds is 25. The van der Waals surface area contributed by atoms with Crippen molar-refractivity contribution in [3.63, 3.8) is 0 Å². The molecule has 0 aromatic rings. The normalized spacial score (nSPS) is 29.2. The smallest absolute Gasteiger partial charge is 0.309 e. The van der Waals surface area contributed by atoms with Crippen molar-refractivity contribution in [3.8, 4) is 0 Å². The van der Waals surface area contributed by atoms with E-state index >= 15 is 0 Å². The van der Waals surface area contributed by atoms with Gasteiger partial charge in [-0.25, -0.2) is 0 Å². The van der Waals surface area contributed by atoms with Gasteiger partial charge in [0.1, 0.15) is 6.10 Å². The highest BCUT2D eigenvalue weighted by molar-refractivity contribution is 5.74. The lowest BCUT2D eigenvalue weighted by Gasteiger charge is -2.24. The topological polar surface area (TPSA) is 105 Å². The highest BCUT2D eigenvalue weighted by Crippen LogP contribution is 2.35. The van der Waals surface area contributed by atoms with Gasteiger partial charge in [0, 0.05) is 0 Å². The van der Waals surface area contributed by atoms with Crippen molar-refractivity contribution in [2.45, 2.75) is 223 Å². The summed E-state index contributed by atoms with van der Waals surface area (Å²) in [5, 5.41) is 31.0. The van der Waals surface area contributed by atoms with E-state index in [1.807, 2.05) is 0 Å². The van der Waals surface area contributed by atoms with Crippen molar-refractivity contribution < 1.29 is 34.3 Å². The molecular weight excluding hydrogens is 556 g/mol. The lowest BCUT2D eigenvalue weighted by molar-refractivity contribution is -0.145. The second kappa shape index (κ2) is 22.0. The molecule has 0 aromatic carbocycles. The summed E-state index contributed by atoms with van der Waals surface area (Å²) in [6.07, 6.45) is 26.0. The molecule has 3 fully saturated rings. The van der Waals surface area contributed by atoms with Gasteiger partial charge in [-0.05, 0) is 71.1 Å². The van der Waals surface area contributed by atoms with E-state index in [4.69, 9.17) is 14.2 Å². The van der Waals surface area contributed by atoms with Crippen LogP contribution in [-0.4, -0.2) is 70.1 Å². The Labute approximate surface area is 269 Å². The average molecular weight is 625 g/mol. The van der Waals surface area contributed by atoms with E-state index in [-0.39, 0.29) is 48.5 Å². The number of carbonyl (C=O) groups excluding carboxylic acids is 1. The molecule has 0 aromatic heterocycles. The largest absolute Gasteiger partial charge is 0.462 e. The number of hydrogen-bond donors (Lipinski definition) is 3. The second-order valence-corrected chi connectivity index (χ2v) is 14.5. The van der Waals surface area contributed by atoms with Gasteiger partial charge in [0.05, 0.1) is 48.6 Å². The van der Waals surface area contributed by atoms with Crippen LogP contribution in [0.3, 0.4) is 0 Å². The van der Waals surface area contributed by atoms with Gasteiger partial charge in [-0.2, -0.15) is 0 Å². The average Bonchev–Trinajstić information content (AvgIpc) is 3.75. The molecule has 0 amide bonds. The third kappa shape index (κ3) is 14.4. The third-order valence-corrected chi connectivity index (χ3v) is 10.4. The number of cyclic esters (lactones) is 1. The summed E-state index contributed by atoms with van der Waals surface area (Å²) in [5.74, 6) is -0.250. The molecule has 7 nitrogen and oxygen atoms in total. The van der Waals surface area contributed by atoms with Gasteiger partial charge >= 0.3 is 5.97 Å². The number of unbranched alkanes of at least 4 members (excludes halogenated alkanes) is 14. The van der Waals surface area contributed by atoms with Gasteiger partial charge < -0.3 is 29.5 Å². The predicted octanol–water partition coefficient (Wildman–Crippen LogP) is 7.94. The number of carbonyl (C=O) groups is 1. The Balaban J connectivity index is 1.13. The Morgan fingerprint density at radius 3 is 1.59 bits per heavy atom. The van der Waals surface area contributed by atoms with Crippen molar-refractivity contribution in [1.29, 1.82) is 0 Å². The van der Waals surface area contributed by atoms with Gasteiger partial charge in [0.15, 0.2) is 0 Å². The zero-order valence-electron chi connectivity index (χ0n) is 28.3. The molecule has 0 radical (unpaired) electrons. The van der Waals surface area contributed by atoms with Crippen LogP contribution in [0, 0.1) is 5.92 Å². The Morgan fingerprint density at radius 1 is 0.659 bits per heavy atom. The molecule has 0 saturated carbocycles. The molecule has 2 unspecified atom stereocenters. The maximum absolute atomic E-state index is 11.9. The number of hydrogen-bond acceptors (Lipinski definition) is 7. The minimum absolute atomic E-state index is 0.0432. The first-order chi connectivity index (χ1) is 21.4. The van der Waals surface area contributed by atoms with Gasteiger partial charge in [0.2, 0.25) is 0 Å². The van der Waals surface area contributed by atoms with Gasteiger partial charge in [-0.1, -0.05) is 103 Å². The molecule has 3 heterocycles. The summed E-state index contributed by atoms with van der Waals surface area (Å²) < 4.78 is 18.1. The van der Waals surface area contributed by atoms with Crippen LogP contribution in [0.25, 0.3) is 0 Å². The number of aliphatic hydroxyl groups is 3. The quantitative estimate of drug-likeness (QED) is 0.0699. The first-order valence-corrected chi connectivity index (χ1v) is 18.9. The van der Waals surface area contributed by atoms with Crippen LogP contribution in [0.4, 0.5) is 0 Å².